The summed E-state index contributed by atoms with van der Waals surface area (Å²) in [4.78, 5) is 33.0. The molecule has 0 saturated carbocycles. The van der Waals surface area contributed by atoms with Gasteiger partial charge >= 0.3 is 6.18 Å². The van der Waals surface area contributed by atoms with Crippen molar-refractivity contribution >= 4 is 44.9 Å². The van der Waals surface area contributed by atoms with Crippen LogP contribution in [0.3, 0.4) is 0 Å². The molecule has 10 heteroatoms. The number of anilines is 1. The smallest absolute Gasteiger partial charge is 0.325 e. The Bertz CT molecular complexity index is 1500. The highest BCUT2D eigenvalue weighted by Gasteiger charge is 2.33. The number of alkyl halides is 3. The number of thioether (sulfide) groups is 1. The highest BCUT2D eigenvalue weighted by molar-refractivity contribution is 7.99. The predicted octanol–water partition coefficient (Wildman–Crippen LogP) is 6.32. The van der Waals surface area contributed by atoms with Crippen molar-refractivity contribution < 1.29 is 18.0 Å². The van der Waals surface area contributed by atoms with E-state index in [0.717, 1.165) is 42.7 Å². The zero-order valence-corrected chi connectivity index (χ0v) is 20.9. The minimum Gasteiger partial charge on any atom is -0.325 e. The summed E-state index contributed by atoms with van der Waals surface area (Å²) >= 11 is 2.54. The molecule has 1 unspecified atom stereocenters. The normalized spacial score (nSPS) is 15.6. The molecule has 5 rings (SSSR count). The zero-order valence-electron chi connectivity index (χ0n) is 19.3. The van der Waals surface area contributed by atoms with E-state index < -0.39 is 17.6 Å². The number of hydrogen-bond donors (Lipinski definition) is 1. The van der Waals surface area contributed by atoms with E-state index >= 15 is 0 Å². The third kappa shape index (κ3) is 4.79. The number of para-hydroxylation sites is 2. The van der Waals surface area contributed by atoms with Gasteiger partial charge in [0.1, 0.15) is 4.83 Å². The Balaban J connectivity index is 1.49. The topological polar surface area (TPSA) is 64.0 Å². The fourth-order valence-electron chi connectivity index (χ4n) is 4.43. The van der Waals surface area contributed by atoms with Gasteiger partial charge in [-0.2, -0.15) is 13.2 Å². The summed E-state index contributed by atoms with van der Waals surface area (Å²) in [7, 11) is 0. The molecule has 0 radical (unpaired) electrons. The maximum Gasteiger partial charge on any atom is 0.418 e. The van der Waals surface area contributed by atoms with E-state index in [-0.39, 0.29) is 17.0 Å². The average molecular weight is 530 g/mol. The van der Waals surface area contributed by atoms with Crippen LogP contribution in [0.15, 0.2) is 64.5 Å². The lowest BCUT2D eigenvalue weighted by atomic mass is 9.89. The molecule has 1 N–H and O–H groups in total. The number of nitrogens with zero attached hydrogens (tertiary/aromatic N) is 2. The standard InChI is InChI=1S/C26H22F3N3O2S2/c1-15-11-12-17-20(13-15)36-23-22(17)24(34)32(16-7-3-2-4-8-16)25(31-23)35-14-21(33)30-19-10-6-5-9-18(19)26(27,28)29/h2-10,15H,11-14H2,1H3,(H,30,33). The van der Waals surface area contributed by atoms with E-state index in [9.17, 15) is 22.8 Å². The lowest BCUT2D eigenvalue weighted by Crippen LogP contribution is -2.23. The average Bonchev–Trinajstić information content (AvgIpc) is 3.20. The molecule has 186 valence electrons. The quantitative estimate of drug-likeness (QED) is 0.243. The molecule has 1 atom stereocenters. The Morgan fingerprint density at radius 2 is 1.89 bits per heavy atom. The Kier molecular flexibility index (Phi) is 6.65. The van der Waals surface area contributed by atoms with Crippen molar-refractivity contribution in [3.05, 3.63) is 81.0 Å². The number of halogens is 3. The summed E-state index contributed by atoms with van der Waals surface area (Å²) in [6, 6.07) is 13.9. The van der Waals surface area contributed by atoms with Crippen LogP contribution in [-0.4, -0.2) is 21.2 Å². The molecule has 0 aliphatic heterocycles. The van der Waals surface area contributed by atoms with Gasteiger partial charge in [0.05, 0.1) is 28.1 Å². The van der Waals surface area contributed by atoms with Gasteiger partial charge in [0.2, 0.25) is 5.91 Å². The summed E-state index contributed by atoms with van der Waals surface area (Å²) in [6.45, 7) is 2.19. The van der Waals surface area contributed by atoms with Gasteiger partial charge < -0.3 is 5.32 Å². The molecule has 0 fully saturated rings. The fourth-order valence-corrected chi connectivity index (χ4v) is 6.67. The molecule has 0 spiro atoms. The van der Waals surface area contributed by atoms with E-state index in [1.54, 1.807) is 12.1 Å². The van der Waals surface area contributed by atoms with Gasteiger partial charge in [-0.1, -0.05) is 49.0 Å². The zero-order chi connectivity index (χ0) is 25.4. The van der Waals surface area contributed by atoms with Crippen LogP contribution in [0.2, 0.25) is 0 Å². The highest BCUT2D eigenvalue weighted by Crippen LogP contribution is 2.37. The Labute approximate surface area is 213 Å². The van der Waals surface area contributed by atoms with Gasteiger partial charge in [0.25, 0.3) is 5.56 Å². The summed E-state index contributed by atoms with van der Waals surface area (Å²) < 4.78 is 41.4. The SMILES string of the molecule is CC1CCc2c(sc3nc(SCC(=O)Nc4ccccc4C(F)(F)F)n(-c4ccccc4)c(=O)c23)C1. The molecular formula is C26H22F3N3O2S2. The number of carbonyl (C=O) groups excluding carboxylic acids is 1. The van der Waals surface area contributed by atoms with E-state index in [1.165, 1.54) is 39.0 Å². The molecule has 2 aromatic heterocycles. The van der Waals surface area contributed by atoms with Gasteiger partial charge in [-0.25, -0.2) is 4.98 Å². The second kappa shape index (κ2) is 9.74. The van der Waals surface area contributed by atoms with Crippen LogP contribution in [0.25, 0.3) is 15.9 Å². The van der Waals surface area contributed by atoms with Gasteiger partial charge in [0.15, 0.2) is 5.16 Å². The number of carbonyl (C=O) groups is 1. The van der Waals surface area contributed by atoms with Crippen molar-refractivity contribution in [1.82, 2.24) is 9.55 Å². The van der Waals surface area contributed by atoms with E-state index in [2.05, 4.69) is 12.2 Å². The first-order chi connectivity index (χ1) is 17.2. The summed E-state index contributed by atoms with van der Waals surface area (Å²) in [5.74, 6) is -0.289. The number of amides is 1. The highest BCUT2D eigenvalue weighted by atomic mass is 32.2. The molecule has 36 heavy (non-hydrogen) atoms. The predicted molar refractivity (Wildman–Crippen MR) is 137 cm³/mol. The van der Waals surface area contributed by atoms with Crippen LogP contribution < -0.4 is 10.9 Å². The number of thiophene rings is 1. The molecule has 0 bridgehead atoms. The number of nitrogens with one attached hydrogen (secondary N) is 1. The molecule has 2 aromatic carbocycles. The van der Waals surface area contributed by atoms with Crippen molar-refractivity contribution in [3.63, 3.8) is 0 Å². The Morgan fingerprint density at radius 1 is 1.17 bits per heavy atom. The van der Waals surface area contributed by atoms with Crippen LogP contribution in [0.4, 0.5) is 18.9 Å². The lowest BCUT2D eigenvalue weighted by molar-refractivity contribution is -0.137. The molecular weight excluding hydrogens is 507 g/mol. The van der Waals surface area contributed by atoms with Crippen molar-refractivity contribution in [2.45, 2.75) is 37.5 Å². The summed E-state index contributed by atoms with van der Waals surface area (Å²) in [5.41, 5.74) is 0.269. The third-order valence-corrected chi connectivity index (χ3v) is 8.24. The van der Waals surface area contributed by atoms with Crippen molar-refractivity contribution in [2.24, 2.45) is 5.92 Å². The second-order valence-corrected chi connectivity index (χ2v) is 10.8. The van der Waals surface area contributed by atoms with Crippen molar-refractivity contribution in [1.29, 1.82) is 0 Å². The molecule has 1 aliphatic rings. The van der Waals surface area contributed by atoms with Crippen LogP contribution in [0, 0.1) is 5.92 Å². The maximum absolute atomic E-state index is 13.7. The monoisotopic (exact) mass is 529 g/mol. The van der Waals surface area contributed by atoms with E-state index in [4.69, 9.17) is 4.98 Å². The van der Waals surface area contributed by atoms with Gasteiger partial charge in [-0.3, -0.25) is 14.2 Å². The number of rotatable bonds is 5. The van der Waals surface area contributed by atoms with Gasteiger partial charge in [-0.05, 0) is 55.0 Å². The molecule has 5 nitrogen and oxygen atoms in total. The van der Waals surface area contributed by atoms with Crippen molar-refractivity contribution in [2.75, 3.05) is 11.1 Å². The van der Waals surface area contributed by atoms with Crippen molar-refractivity contribution in [3.8, 4) is 5.69 Å². The Hall–Kier alpha value is -3.11. The number of aryl methyl sites for hydroxylation is 1. The maximum atomic E-state index is 13.7. The minimum atomic E-state index is -4.59. The molecule has 2 heterocycles. The largest absolute Gasteiger partial charge is 0.418 e. The van der Waals surface area contributed by atoms with Gasteiger partial charge in [-0.15, -0.1) is 11.3 Å². The third-order valence-electron chi connectivity index (χ3n) is 6.15. The molecule has 0 saturated heterocycles. The van der Waals surface area contributed by atoms with E-state index in [1.807, 2.05) is 18.2 Å². The van der Waals surface area contributed by atoms with Crippen LogP contribution in [0.5, 0.6) is 0 Å². The van der Waals surface area contributed by atoms with Crippen LogP contribution in [0.1, 0.15) is 29.3 Å². The number of fused-ring (bicyclic) bond motifs is 3. The summed E-state index contributed by atoms with van der Waals surface area (Å²) in [6.07, 6.45) is -1.84. The molecule has 4 aromatic rings. The fraction of sp³-hybridized carbons (Fsp3) is 0.269. The minimum absolute atomic E-state index is 0.191. The van der Waals surface area contributed by atoms with E-state index in [0.29, 0.717) is 27.0 Å². The second-order valence-electron chi connectivity index (χ2n) is 8.78. The first-order valence-electron chi connectivity index (χ1n) is 11.4. The molecule has 1 aliphatic carbocycles. The first-order valence-corrected chi connectivity index (χ1v) is 13.2. The summed E-state index contributed by atoms with van der Waals surface area (Å²) in [5, 5.41) is 3.30. The van der Waals surface area contributed by atoms with Crippen LogP contribution >= 0.6 is 23.1 Å². The first kappa shape index (κ1) is 24.6. The number of benzene rings is 2. The number of aromatic nitrogens is 2. The Morgan fingerprint density at radius 3 is 2.64 bits per heavy atom. The number of hydrogen-bond acceptors (Lipinski definition) is 5. The van der Waals surface area contributed by atoms with Crippen LogP contribution in [-0.2, 0) is 23.8 Å². The van der Waals surface area contributed by atoms with Gasteiger partial charge in [0, 0.05) is 4.88 Å². The lowest BCUT2D eigenvalue weighted by Gasteiger charge is -2.18. The molecule has 1 amide bonds.